The summed E-state index contributed by atoms with van der Waals surface area (Å²) in [5.74, 6) is 0.384. The van der Waals surface area contributed by atoms with Gasteiger partial charge in [0.2, 0.25) is 0 Å². The zero-order chi connectivity index (χ0) is 15.5. The molecule has 0 aliphatic carbocycles. The van der Waals surface area contributed by atoms with Gasteiger partial charge in [0.1, 0.15) is 5.75 Å². The maximum absolute atomic E-state index is 12.3. The summed E-state index contributed by atoms with van der Waals surface area (Å²) < 4.78 is 10.4. The molecule has 0 saturated heterocycles. The Morgan fingerprint density at radius 2 is 1.86 bits per heavy atom. The fourth-order valence-electron chi connectivity index (χ4n) is 2.15. The molecule has 5 heteroatoms. The normalized spacial score (nSPS) is 10.4. The molecule has 0 aliphatic heterocycles. The smallest absolute Gasteiger partial charge is 0.255 e. The highest BCUT2D eigenvalue weighted by Gasteiger charge is 2.11. The van der Waals surface area contributed by atoms with E-state index in [2.05, 4.69) is 5.32 Å². The summed E-state index contributed by atoms with van der Waals surface area (Å²) in [6, 6.07) is 13.1. The molecule has 0 radical (unpaired) electrons. The molecule has 0 atom stereocenters. The minimum absolute atomic E-state index is 0.151. The third kappa shape index (κ3) is 2.56. The van der Waals surface area contributed by atoms with Crippen molar-refractivity contribution < 1.29 is 13.9 Å². The zero-order valence-electron chi connectivity index (χ0n) is 11.8. The predicted molar refractivity (Wildman–Crippen MR) is 83.4 cm³/mol. The largest absolute Gasteiger partial charge is 0.497 e. The van der Waals surface area contributed by atoms with Crippen LogP contribution in [0.25, 0.3) is 11.0 Å². The van der Waals surface area contributed by atoms with Gasteiger partial charge in [-0.15, -0.1) is 0 Å². The number of benzene rings is 2. The molecule has 0 saturated carbocycles. The van der Waals surface area contributed by atoms with E-state index in [9.17, 15) is 9.59 Å². The topological polar surface area (TPSA) is 68.5 Å². The number of ether oxygens (including phenoxy) is 1. The van der Waals surface area contributed by atoms with Crippen molar-refractivity contribution in [1.82, 2.24) is 0 Å². The lowest BCUT2D eigenvalue weighted by molar-refractivity contribution is 0.102. The Kier molecular flexibility index (Phi) is 3.62. The molecule has 110 valence electrons. The third-order valence-corrected chi connectivity index (χ3v) is 3.29. The van der Waals surface area contributed by atoms with E-state index in [0.717, 1.165) is 0 Å². The van der Waals surface area contributed by atoms with Crippen LogP contribution in [0.15, 0.2) is 64.0 Å². The van der Waals surface area contributed by atoms with Crippen LogP contribution in [-0.4, -0.2) is 13.0 Å². The summed E-state index contributed by atoms with van der Waals surface area (Å²) in [6.07, 6.45) is 1.31. The van der Waals surface area contributed by atoms with Gasteiger partial charge in [0.15, 0.2) is 11.0 Å². The Bertz CT molecular complexity index is 881. The molecule has 1 amide bonds. The molecule has 2 aromatic carbocycles. The molecule has 1 N–H and O–H groups in total. The second kappa shape index (κ2) is 5.73. The Balaban J connectivity index is 1.94. The highest BCUT2D eigenvalue weighted by Crippen LogP contribution is 2.21. The second-order valence-electron chi connectivity index (χ2n) is 4.65. The van der Waals surface area contributed by atoms with Crippen molar-refractivity contribution in [1.29, 1.82) is 0 Å². The van der Waals surface area contributed by atoms with Crippen LogP contribution < -0.4 is 15.5 Å². The van der Waals surface area contributed by atoms with Crippen LogP contribution in [0.1, 0.15) is 10.4 Å². The summed E-state index contributed by atoms with van der Waals surface area (Å²) >= 11 is 0. The van der Waals surface area contributed by atoms with Crippen LogP contribution in [-0.2, 0) is 0 Å². The second-order valence-corrected chi connectivity index (χ2v) is 4.65. The number of carbonyl (C=O) groups excluding carboxylic acids is 1. The fourth-order valence-corrected chi connectivity index (χ4v) is 2.15. The molecule has 22 heavy (non-hydrogen) atoms. The number of anilines is 1. The van der Waals surface area contributed by atoms with E-state index in [1.54, 1.807) is 49.6 Å². The molecule has 0 bridgehead atoms. The molecule has 1 aromatic heterocycles. The third-order valence-electron chi connectivity index (χ3n) is 3.29. The van der Waals surface area contributed by atoms with E-state index in [1.807, 2.05) is 0 Å². The average Bonchev–Trinajstić information content (AvgIpc) is 2.56. The lowest BCUT2D eigenvalue weighted by Gasteiger charge is -2.08. The first-order valence-corrected chi connectivity index (χ1v) is 6.65. The maximum atomic E-state index is 12.3. The molecule has 0 unspecified atom stereocenters. The van der Waals surface area contributed by atoms with Gasteiger partial charge < -0.3 is 14.5 Å². The molecule has 0 spiro atoms. The number of carbonyl (C=O) groups is 1. The van der Waals surface area contributed by atoms with Gasteiger partial charge >= 0.3 is 0 Å². The number of para-hydroxylation sites is 1. The van der Waals surface area contributed by atoms with Gasteiger partial charge in [-0.05, 0) is 36.4 Å². The summed E-state index contributed by atoms with van der Waals surface area (Å²) in [6.45, 7) is 0. The van der Waals surface area contributed by atoms with E-state index in [4.69, 9.17) is 9.15 Å². The van der Waals surface area contributed by atoms with Crippen molar-refractivity contribution in [2.24, 2.45) is 0 Å². The van der Waals surface area contributed by atoms with E-state index in [1.165, 1.54) is 12.3 Å². The Hall–Kier alpha value is -3.08. The number of methoxy groups -OCH3 is 1. The molecule has 5 nitrogen and oxygen atoms in total. The van der Waals surface area contributed by atoms with Gasteiger partial charge in [-0.2, -0.15) is 0 Å². The first-order valence-electron chi connectivity index (χ1n) is 6.65. The maximum Gasteiger partial charge on any atom is 0.255 e. The number of hydrogen-bond acceptors (Lipinski definition) is 4. The molecule has 3 rings (SSSR count). The lowest BCUT2D eigenvalue weighted by Crippen LogP contribution is -2.12. The van der Waals surface area contributed by atoms with Crippen LogP contribution in [0, 0.1) is 0 Å². The molecule has 0 fully saturated rings. The fraction of sp³-hybridized carbons (Fsp3) is 0.0588. The minimum Gasteiger partial charge on any atom is -0.497 e. The number of rotatable bonds is 3. The van der Waals surface area contributed by atoms with Gasteiger partial charge in [0, 0.05) is 11.6 Å². The molecule has 0 aliphatic rings. The Morgan fingerprint density at radius 1 is 1.09 bits per heavy atom. The van der Waals surface area contributed by atoms with Crippen LogP contribution in [0.2, 0.25) is 0 Å². The summed E-state index contributed by atoms with van der Waals surface area (Å²) in [5.41, 5.74) is 1.14. The first-order chi connectivity index (χ1) is 10.7. The van der Waals surface area contributed by atoms with Crippen molar-refractivity contribution in [2.75, 3.05) is 12.4 Å². The quantitative estimate of drug-likeness (QED) is 0.806. The average molecular weight is 295 g/mol. The summed E-state index contributed by atoms with van der Waals surface area (Å²) in [4.78, 5) is 24.0. The highest BCUT2D eigenvalue weighted by atomic mass is 16.5. The predicted octanol–water partition coefficient (Wildman–Crippen LogP) is 3.05. The number of amides is 1. The van der Waals surface area contributed by atoms with Crippen molar-refractivity contribution in [2.45, 2.75) is 0 Å². The van der Waals surface area contributed by atoms with Gasteiger partial charge in [-0.3, -0.25) is 9.59 Å². The number of fused-ring (bicyclic) bond motifs is 1. The van der Waals surface area contributed by atoms with E-state index in [0.29, 0.717) is 28.0 Å². The molecular weight excluding hydrogens is 282 g/mol. The lowest BCUT2D eigenvalue weighted by atomic mass is 10.1. The SMILES string of the molecule is COc1ccc(C(=O)Nc2cccc3c(=O)ccoc23)cc1. The summed E-state index contributed by atoms with van der Waals surface area (Å²) in [7, 11) is 1.56. The Labute approximate surface area is 126 Å². The minimum atomic E-state index is -0.290. The van der Waals surface area contributed by atoms with Crippen LogP contribution in [0.3, 0.4) is 0 Å². The van der Waals surface area contributed by atoms with Crippen molar-refractivity contribution >= 4 is 22.6 Å². The van der Waals surface area contributed by atoms with Crippen molar-refractivity contribution in [3.63, 3.8) is 0 Å². The van der Waals surface area contributed by atoms with Crippen LogP contribution >= 0.6 is 0 Å². The van der Waals surface area contributed by atoms with E-state index >= 15 is 0 Å². The van der Waals surface area contributed by atoms with Gasteiger partial charge in [-0.25, -0.2) is 0 Å². The monoisotopic (exact) mass is 295 g/mol. The van der Waals surface area contributed by atoms with Crippen molar-refractivity contribution in [3.05, 3.63) is 70.6 Å². The van der Waals surface area contributed by atoms with Gasteiger partial charge in [0.05, 0.1) is 24.4 Å². The van der Waals surface area contributed by atoms with Crippen molar-refractivity contribution in [3.8, 4) is 5.75 Å². The van der Waals surface area contributed by atoms with Gasteiger partial charge in [-0.1, -0.05) is 6.07 Å². The number of hydrogen-bond donors (Lipinski definition) is 1. The standard InChI is InChI=1S/C17H13NO4/c1-21-12-7-5-11(6-8-12)17(20)18-14-4-2-3-13-15(19)9-10-22-16(13)14/h2-10H,1H3,(H,18,20). The van der Waals surface area contributed by atoms with Gasteiger partial charge in [0.25, 0.3) is 5.91 Å². The van der Waals surface area contributed by atoms with Crippen LogP contribution in [0.4, 0.5) is 5.69 Å². The molecule has 1 heterocycles. The molecular formula is C17H13NO4. The first kappa shape index (κ1) is 13.9. The Morgan fingerprint density at radius 3 is 2.59 bits per heavy atom. The van der Waals surface area contributed by atoms with Crippen LogP contribution in [0.5, 0.6) is 5.75 Å². The highest BCUT2D eigenvalue weighted by molar-refractivity contribution is 6.07. The molecule has 3 aromatic rings. The number of nitrogens with one attached hydrogen (secondary N) is 1. The summed E-state index contributed by atoms with van der Waals surface area (Å²) in [5, 5.41) is 3.18. The van der Waals surface area contributed by atoms with E-state index in [-0.39, 0.29) is 11.3 Å². The zero-order valence-corrected chi connectivity index (χ0v) is 11.8. The van der Waals surface area contributed by atoms with E-state index < -0.39 is 0 Å².